The Morgan fingerprint density at radius 2 is 1.82 bits per heavy atom. The number of aliphatic hydroxyl groups excluding tert-OH is 1. The summed E-state index contributed by atoms with van der Waals surface area (Å²) in [6, 6.07) is 6.88. The van der Waals surface area contributed by atoms with Crippen LogP contribution in [0.4, 0.5) is 0 Å². The monoisotopic (exact) mass is 486 g/mol. The van der Waals surface area contributed by atoms with Gasteiger partial charge >= 0.3 is 0 Å². The number of hydrogen-bond acceptors (Lipinski definition) is 6. The van der Waals surface area contributed by atoms with Gasteiger partial charge < -0.3 is 20.6 Å². The van der Waals surface area contributed by atoms with Crippen LogP contribution in [-0.4, -0.2) is 57.1 Å². The van der Waals surface area contributed by atoms with Gasteiger partial charge in [-0.3, -0.25) is 9.59 Å². The Balaban J connectivity index is 1.68. The van der Waals surface area contributed by atoms with Gasteiger partial charge in [0, 0.05) is 25.0 Å². The van der Waals surface area contributed by atoms with Crippen molar-refractivity contribution in [2.75, 3.05) is 6.54 Å². The van der Waals surface area contributed by atoms with Gasteiger partial charge in [0.1, 0.15) is 6.04 Å². The van der Waals surface area contributed by atoms with Gasteiger partial charge in [-0.2, -0.15) is 0 Å². The summed E-state index contributed by atoms with van der Waals surface area (Å²) in [5, 5.41) is 16.7. The van der Waals surface area contributed by atoms with Crippen molar-refractivity contribution in [3.05, 3.63) is 41.0 Å². The van der Waals surface area contributed by atoms with Crippen LogP contribution in [0.15, 0.2) is 29.8 Å². The fourth-order valence-electron chi connectivity index (χ4n) is 4.21. The van der Waals surface area contributed by atoms with Crippen molar-refractivity contribution in [1.29, 1.82) is 0 Å². The summed E-state index contributed by atoms with van der Waals surface area (Å²) in [4.78, 5) is 33.6. The lowest BCUT2D eigenvalue weighted by molar-refractivity contribution is -0.142. The van der Waals surface area contributed by atoms with Crippen LogP contribution >= 0.6 is 11.3 Å². The number of hydrogen-bond donors (Lipinski definition) is 3. The molecule has 186 valence electrons. The highest BCUT2D eigenvalue weighted by Crippen LogP contribution is 2.29. The summed E-state index contributed by atoms with van der Waals surface area (Å²) < 4.78 is 0. The molecule has 1 unspecified atom stereocenters. The highest BCUT2D eigenvalue weighted by molar-refractivity contribution is 7.13. The number of nitrogens with zero attached hydrogens (tertiary/aromatic N) is 2. The number of amides is 2. The van der Waals surface area contributed by atoms with Crippen LogP contribution in [0.5, 0.6) is 0 Å². The highest BCUT2D eigenvalue weighted by Gasteiger charge is 2.44. The standard InChI is InChI=1S/C26H38N4O3S/c1-16-21(34-15-28-16)18-10-8-17(9-11-18)13-27-23(32)20-12-19(31)14-30(20)24(33)22(25(2,3)4)29-26(5,6)7/h8-11,15,19-20,22,29,31H,12-14H2,1-7H3,(H,27,32)/t19-,20+,22?/m1/s1. The molecule has 1 aromatic carbocycles. The van der Waals surface area contributed by atoms with E-state index in [0.29, 0.717) is 6.54 Å². The van der Waals surface area contributed by atoms with Gasteiger partial charge in [-0.1, -0.05) is 45.0 Å². The molecule has 3 atom stereocenters. The molecule has 0 spiro atoms. The van der Waals surface area contributed by atoms with Crippen LogP contribution in [-0.2, 0) is 16.1 Å². The average molecular weight is 487 g/mol. The van der Waals surface area contributed by atoms with Crippen molar-refractivity contribution in [3.63, 3.8) is 0 Å². The second-order valence-corrected chi connectivity index (χ2v) is 12.1. The minimum absolute atomic E-state index is 0.150. The number of aryl methyl sites for hydroxylation is 1. The normalized spacial score (nSPS) is 19.8. The van der Waals surface area contributed by atoms with E-state index in [-0.39, 0.29) is 35.7 Å². The van der Waals surface area contributed by atoms with Crippen LogP contribution in [0.1, 0.15) is 59.2 Å². The van der Waals surface area contributed by atoms with Crippen LogP contribution in [0.25, 0.3) is 10.4 Å². The van der Waals surface area contributed by atoms with E-state index in [4.69, 9.17) is 0 Å². The van der Waals surface area contributed by atoms with Gasteiger partial charge in [0.2, 0.25) is 11.8 Å². The van der Waals surface area contributed by atoms with Crippen LogP contribution in [0.2, 0.25) is 0 Å². The zero-order valence-corrected chi connectivity index (χ0v) is 22.1. The molecule has 1 fully saturated rings. The number of rotatable bonds is 6. The Labute approximate surface area is 207 Å². The van der Waals surface area contributed by atoms with Crippen molar-refractivity contribution in [3.8, 4) is 10.4 Å². The molecule has 8 heteroatoms. The minimum atomic E-state index is -0.711. The Morgan fingerprint density at radius 1 is 1.18 bits per heavy atom. The van der Waals surface area contributed by atoms with E-state index < -0.39 is 18.2 Å². The van der Waals surface area contributed by atoms with Gasteiger partial charge in [0.05, 0.1) is 28.2 Å². The quantitative estimate of drug-likeness (QED) is 0.581. The number of carbonyl (C=O) groups is 2. The number of aliphatic hydroxyl groups is 1. The van der Waals surface area contributed by atoms with Crippen LogP contribution < -0.4 is 10.6 Å². The molecule has 2 heterocycles. The molecular formula is C26H38N4O3S. The highest BCUT2D eigenvalue weighted by atomic mass is 32.1. The van der Waals surface area contributed by atoms with E-state index in [1.54, 1.807) is 16.2 Å². The fourth-order valence-corrected chi connectivity index (χ4v) is 5.02. The molecule has 0 aliphatic carbocycles. The van der Waals surface area contributed by atoms with Gasteiger partial charge in [-0.25, -0.2) is 4.98 Å². The maximum Gasteiger partial charge on any atom is 0.243 e. The first-order valence-electron chi connectivity index (χ1n) is 11.8. The number of nitrogens with one attached hydrogen (secondary N) is 2. The van der Waals surface area contributed by atoms with Crippen molar-refractivity contribution < 1.29 is 14.7 Å². The van der Waals surface area contributed by atoms with E-state index in [1.807, 2.05) is 78.2 Å². The third kappa shape index (κ3) is 6.43. The number of benzene rings is 1. The second kappa shape index (κ2) is 10.1. The minimum Gasteiger partial charge on any atom is -0.391 e. The molecule has 34 heavy (non-hydrogen) atoms. The summed E-state index contributed by atoms with van der Waals surface area (Å²) >= 11 is 1.61. The molecule has 3 N–H and O–H groups in total. The Hall–Kier alpha value is -2.29. The smallest absolute Gasteiger partial charge is 0.243 e. The molecule has 1 saturated heterocycles. The molecule has 0 radical (unpaired) electrons. The summed E-state index contributed by atoms with van der Waals surface area (Å²) in [5.41, 5.74) is 4.29. The molecule has 2 amide bonds. The Morgan fingerprint density at radius 3 is 2.35 bits per heavy atom. The van der Waals surface area contributed by atoms with Gasteiger partial charge in [0.25, 0.3) is 0 Å². The molecule has 1 aliphatic rings. The number of β-amino-alcohol motifs (C(OH)–C–C–N with tert-alkyl or cyclic N) is 1. The summed E-state index contributed by atoms with van der Waals surface area (Å²) in [6.07, 6.45) is -0.468. The first kappa shape index (κ1) is 26.3. The van der Waals surface area contributed by atoms with Crippen molar-refractivity contribution >= 4 is 23.2 Å². The van der Waals surface area contributed by atoms with Gasteiger partial charge in [-0.05, 0) is 44.2 Å². The predicted molar refractivity (Wildman–Crippen MR) is 136 cm³/mol. The van der Waals surface area contributed by atoms with Gasteiger partial charge in [0.15, 0.2) is 0 Å². The molecule has 1 aliphatic heterocycles. The Kier molecular flexibility index (Phi) is 7.85. The summed E-state index contributed by atoms with van der Waals surface area (Å²) in [5.74, 6) is -0.390. The van der Waals surface area contributed by atoms with E-state index in [0.717, 1.165) is 21.7 Å². The zero-order valence-electron chi connectivity index (χ0n) is 21.3. The second-order valence-electron chi connectivity index (χ2n) is 11.3. The zero-order chi connectivity index (χ0) is 25.3. The van der Waals surface area contributed by atoms with Crippen molar-refractivity contribution in [2.24, 2.45) is 5.41 Å². The van der Waals surface area contributed by atoms with E-state index in [1.165, 1.54) is 0 Å². The molecule has 7 nitrogen and oxygen atoms in total. The first-order valence-corrected chi connectivity index (χ1v) is 12.7. The molecule has 0 bridgehead atoms. The third-order valence-corrected chi connectivity index (χ3v) is 6.96. The topological polar surface area (TPSA) is 94.6 Å². The molecule has 3 rings (SSSR count). The fraction of sp³-hybridized carbons (Fsp3) is 0.577. The van der Waals surface area contributed by atoms with Crippen LogP contribution in [0.3, 0.4) is 0 Å². The number of thiazole rings is 1. The molecule has 0 saturated carbocycles. The largest absolute Gasteiger partial charge is 0.391 e. The van der Waals surface area contributed by atoms with Crippen molar-refractivity contribution in [2.45, 2.75) is 85.2 Å². The lowest BCUT2D eigenvalue weighted by Crippen LogP contribution is -2.60. The Bertz CT molecular complexity index is 1000. The summed E-state index contributed by atoms with van der Waals surface area (Å²) in [7, 11) is 0. The number of carbonyl (C=O) groups excluding carboxylic acids is 2. The first-order chi connectivity index (χ1) is 15.8. The molecular weight excluding hydrogens is 448 g/mol. The summed E-state index contributed by atoms with van der Waals surface area (Å²) in [6.45, 7) is 14.6. The van der Waals surface area contributed by atoms with Crippen LogP contribution in [0, 0.1) is 12.3 Å². The van der Waals surface area contributed by atoms with E-state index in [9.17, 15) is 14.7 Å². The number of likely N-dealkylation sites (tertiary alicyclic amines) is 1. The maximum atomic E-state index is 13.6. The van der Waals surface area contributed by atoms with Gasteiger partial charge in [-0.15, -0.1) is 11.3 Å². The molecule has 2 aromatic rings. The van der Waals surface area contributed by atoms with E-state index >= 15 is 0 Å². The number of aromatic nitrogens is 1. The van der Waals surface area contributed by atoms with E-state index in [2.05, 4.69) is 15.6 Å². The SMILES string of the molecule is Cc1ncsc1-c1ccc(CNC(=O)[C@@H]2C[C@@H](O)CN2C(=O)C(NC(C)(C)C)C(C)(C)C)cc1. The lowest BCUT2D eigenvalue weighted by atomic mass is 9.84. The maximum absolute atomic E-state index is 13.6. The molecule has 1 aromatic heterocycles. The lowest BCUT2D eigenvalue weighted by Gasteiger charge is -2.39. The average Bonchev–Trinajstić information content (AvgIpc) is 3.34. The van der Waals surface area contributed by atoms with Crippen molar-refractivity contribution in [1.82, 2.24) is 20.5 Å². The third-order valence-electron chi connectivity index (χ3n) is 5.98. The predicted octanol–water partition coefficient (Wildman–Crippen LogP) is 3.50.